The van der Waals surface area contributed by atoms with Crippen LogP contribution < -0.4 is 15.4 Å². The lowest BCUT2D eigenvalue weighted by atomic mass is 10.2. The Hall–Kier alpha value is -2.34. The molecule has 1 aliphatic rings. The normalized spacial score (nSPS) is 16.7. The first-order valence-electron chi connectivity index (χ1n) is 6.52. The van der Waals surface area contributed by atoms with E-state index in [1.807, 2.05) is 13.0 Å². The summed E-state index contributed by atoms with van der Waals surface area (Å²) < 4.78 is 5.47. The molecule has 1 aliphatic heterocycles. The zero-order chi connectivity index (χ0) is 15.0. The molecule has 2 heterocycles. The van der Waals surface area contributed by atoms with Crippen molar-refractivity contribution in [3.63, 3.8) is 0 Å². The van der Waals surface area contributed by atoms with Crippen LogP contribution in [-0.4, -0.2) is 17.9 Å². The number of rotatable bonds is 2. The number of fused-ring (bicyclic) bond motifs is 1. The standard InChI is InChI=1S/C15H14N2O3S/c1-8-3-6-13(21-8)15(19)16-10-4-5-12-11(7-10)17-14(18)9(2)20-12/h3-7,9H,1-2H3,(H,16,19)(H,17,18)/t9-/m0/s1. The van der Waals surface area contributed by atoms with Crippen molar-refractivity contribution in [1.29, 1.82) is 0 Å². The number of carbonyl (C=O) groups is 2. The monoisotopic (exact) mass is 302 g/mol. The number of amides is 2. The van der Waals surface area contributed by atoms with Crippen LogP contribution in [-0.2, 0) is 4.79 Å². The van der Waals surface area contributed by atoms with E-state index in [9.17, 15) is 9.59 Å². The fraction of sp³-hybridized carbons (Fsp3) is 0.200. The maximum absolute atomic E-state index is 12.1. The van der Waals surface area contributed by atoms with Gasteiger partial charge in [-0.05, 0) is 44.2 Å². The van der Waals surface area contributed by atoms with Gasteiger partial charge in [0.2, 0.25) is 0 Å². The van der Waals surface area contributed by atoms with E-state index in [-0.39, 0.29) is 11.8 Å². The molecule has 5 nitrogen and oxygen atoms in total. The van der Waals surface area contributed by atoms with Crippen LogP contribution in [0.5, 0.6) is 5.75 Å². The average molecular weight is 302 g/mol. The number of carbonyl (C=O) groups excluding carboxylic acids is 2. The van der Waals surface area contributed by atoms with Crippen molar-refractivity contribution in [2.24, 2.45) is 0 Å². The molecule has 1 atom stereocenters. The number of ether oxygens (including phenoxy) is 1. The minimum atomic E-state index is -0.507. The minimum absolute atomic E-state index is 0.163. The quantitative estimate of drug-likeness (QED) is 0.896. The maximum Gasteiger partial charge on any atom is 0.265 e. The largest absolute Gasteiger partial charge is 0.479 e. The van der Waals surface area contributed by atoms with Gasteiger partial charge in [0.1, 0.15) is 5.75 Å². The van der Waals surface area contributed by atoms with E-state index in [0.29, 0.717) is 22.0 Å². The van der Waals surface area contributed by atoms with Gasteiger partial charge in [-0.3, -0.25) is 9.59 Å². The van der Waals surface area contributed by atoms with Gasteiger partial charge in [0, 0.05) is 10.6 Å². The summed E-state index contributed by atoms with van der Waals surface area (Å²) in [5.74, 6) is 0.247. The molecule has 21 heavy (non-hydrogen) atoms. The molecule has 0 bridgehead atoms. The van der Waals surface area contributed by atoms with Gasteiger partial charge in [-0.2, -0.15) is 0 Å². The van der Waals surface area contributed by atoms with Gasteiger partial charge in [0.15, 0.2) is 6.10 Å². The SMILES string of the molecule is Cc1ccc(C(=O)Nc2ccc3c(c2)NC(=O)[C@H](C)O3)s1. The van der Waals surface area contributed by atoms with E-state index in [1.54, 1.807) is 31.2 Å². The molecule has 2 aromatic rings. The molecule has 0 saturated heterocycles. The highest BCUT2D eigenvalue weighted by atomic mass is 32.1. The first-order valence-corrected chi connectivity index (χ1v) is 7.34. The van der Waals surface area contributed by atoms with Crippen LogP contribution in [0.2, 0.25) is 0 Å². The van der Waals surface area contributed by atoms with Crippen molar-refractivity contribution < 1.29 is 14.3 Å². The number of hydrogen-bond donors (Lipinski definition) is 2. The highest BCUT2D eigenvalue weighted by Crippen LogP contribution is 2.32. The Kier molecular flexibility index (Phi) is 3.39. The molecule has 6 heteroatoms. The molecule has 2 amide bonds. The summed E-state index contributed by atoms with van der Waals surface area (Å²) in [4.78, 5) is 25.4. The van der Waals surface area contributed by atoms with Crippen molar-refractivity contribution in [3.8, 4) is 5.75 Å². The smallest absolute Gasteiger partial charge is 0.265 e. The molecular weight excluding hydrogens is 288 g/mol. The van der Waals surface area contributed by atoms with Gasteiger partial charge >= 0.3 is 0 Å². The molecule has 0 aliphatic carbocycles. The third kappa shape index (κ3) is 2.75. The van der Waals surface area contributed by atoms with E-state index in [1.165, 1.54) is 11.3 Å². The second-order valence-electron chi connectivity index (χ2n) is 4.82. The summed E-state index contributed by atoms with van der Waals surface area (Å²) >= 11 is 1.44. The molecule has 1 aromatic carbocycles. The Labute approximate surface area is 125 Å². The molecule has 108 valence electrons. The number of aryl methyl sites for hydroxylation is 1. The van der Waals surface area contributed by atoms with Gasteiger partial charge in [0.25, 0.3) is 11.8 Å². The Morgan fingerprint density at radius 1 is 1.33 bits per heavy atom. The van der Waals surface area contributed by atoms with Gasteiger partial charge in [0.05, 0.1) is 10.6 Å². The lowest BCUT2D eigenvalue weighted by Crippen LogP contribution is -2.34. The highest BCUT2D eigenvalue weighted by Gasteiger charge is 2.23. The first kappa shape index (κ1) is 13.6. The van der Waals surface area contributed by atoms with Crippen molar-refractivity contribution >= 4 is 34.5 Å². The summed E-state index contributed by atoms with van der Waals surface area (Å²) in [6.07, 6.45) is -0.507. The van der Waals surface area contributed by atoms with Gasteiger partial charge in [-0.15, -0.1) is 11.3 Å². The van der Waals surface area contributed by atoms with Gasteiger partial charge in [-0.1, -0.05) is 0 Å². The van der Waals surface area contributed by atoms with Crippen LogP contribution in [0.1, 0.15) is 21.5 Å². The number of benzene rings is 1. The van der Waals surface area contributed by atoms with E-state index in [2.05, 4.69) is 10.6 Å². The topological polar surface area (TPSA) is 67.4 Å². The lowest BCUT2D eigenvalue weighted by Gasteiger charge is -2.23. The predicted molar refractivity (Wildman–Crippen MR) is 82.2 cm³/mol. The summed E-state index contributed by atoms with van der Waals surface area (Å²) in [6, 6.07) is 8.88. The molecule has 0 unspecified atom stereocenters. The second-order valence-corrected chi connectivity index (χ2v) is 6.11. The summed E-state index contributed by atoms with van der Waals surface area (Å²) in [5, 5.41) is 5.57. The molecule has 0 radical (unpaired) electrons. The van der Waals surface area contributed by atoms with Crippen molar-refractivity contribution in [2.45, 2.75) is 20.0 Å². The zero-order valence-electron chi connectivity index (χ0n) is 11.6. The molecule has 0 fully saturated rings. The van der Waals surface area contributed by atoms with E-state index in [0.717, 1.165) is 4.88 Å². The fourth-order valence-electron chi connectivity index (χ4n) is 2.04. The minimum Gasteiger partial charge on any atom is -0.479 e. The molecular formula is C15H14N2O3S. The van der Waals surface area contributed by atoms with Crippen LogP contribution >= 0.6 is 11.3 Å². The van der Waals surface area contributed by atoms with Gasteiger partial charge < -0.3 is 15.4 Å². The molecule has 3 rings (SSSR count). The Bertz CT molecular complexity index is 723. The van der Waals surface area contributed by atoms with Crippen LogP contribution in [0.15, 0.2) is 30.3 Å². The summed E-state index contributed by atoms with van der Waals surface area (Å²) in [7, 11) is 0. The second kappa shape index (κ2) is 5.21. The van der Waals surface area contributed by atoms with E-state index < -0.39 is 6.10 Å². The van der Waals surface area contributed by atoms with Crippen LogP contribution in [0, 0.1) is 6.92 Å². The Morgan fingerprint density at radius 2 is 2.14 bits per heavy atom. The van der Waals surface area contributed by atoms with Crippen molar-refractivity contribution in [2.75, 3.05) is 10.6 Å². The summed E-state index contributed by atoms with van der Waals surface area (Å²) in [5.41, 5.74) is 1.18. The molecule has 0 spiro atoms. The van der Waals surface area contributed by atoms with Crippen molar-refractivity contribution in [1.82, 2.24) is 0 Å². The third-order valence-corrected chi connectivity index (χ3v) is 4.13. The van der Waals surface area contributed by atoms with Crippen LogP contribution in [0.4, 0.5) is 11.4 Å². The number of nitrogens with one attached hydrogen (secondary N) is 2. The van der Waals surface area contributed by atoms with Crippen LogP contribution in [0.3, 0.4) is 0 Å². The Morgan fingerprint density at radius 3 is 2.86 bits per heavy atom. The number of anilines is 2. The van der Waals surface area contributed by atoms with Crippen LogP contribution in [0.25, 0.3) is 0 Å². The van der Waals surface area contributed by atoms with E-state index in [4.69, 9.17) is 4.74 Å². The Balaban J connectivity index is 1.80. The summed E-state index contributed by atoms with van der Waals surface area (Å²) in [6.45, 7) is 3.64. The number of hydrogen-bond acceptors (Lipinski definition) is 4. The van der Waals surface area contributed by atoms with Gasteiger partial charge in [-0.25, -0.2) is 0 Å². The average Bonchev–Trinajstić information content (AvgIpc) is 2.87. The zero-order valence-corrected chi connectivity index (χ0v) is 12.4. The van der Waals surface area contributed by atoms with E-state index >= 15 is 0 Å². The lowest BCUT2D eigenvalue weighted by molar-refractivity contribution is -0.122. The number of thiophene rings is 1. The van der Waals surface area contributed by atoms with Crippen molar-refractivity contribution in [3.05, 3.63) is 40.1 Å². The highest BCUT2D eigenvalue weighted by molar-refractivity contribution is 7.14. The maximum atomic E-state index is 12.1. The molecule has 0 saturated carbocycles. The first-order chi connectivity index (χ1) is 10.0. The third-order valence-electron chi connectivity index (χ3n) is 3.13. The fourth-order valence-corrected chi connectivity index (χ4v) is 2.80. The molecule has 1 aromatic heterocycles. The molecule has 2 N–H and O–H groups in total. The predicted octanol–water partition coefficient (Wildman–Crippen LogP) is 3.03.